The molecule has 3 nitrogen and oxygen atoms in total. The second-order valence-electron chi connectivity index (χ2n) is 3.87. The Morgan fingerprint density at radius 3 is 2.00 bits per heavy atom. The Labute approximate surface area is 80.4 Å². The van der Waals surface area contributed by atoms with E-state index in [4.69, 9.17) is 10.2 Å². The van der Waals surface area contributed by atoms with Crippen LogP contribution in [0.2, 0.25) is 0 Å². The summed E-state index contributed by atoms with van der Waals surface area (Å²) in [5, 5.41) is 17.6. The van der Waals surface area contributed by atoms with Gasteiger partial charge in [0, 0.05) is 13.1 Å². The van der Waals surface area contributed by atoms with Crippen LogP contribution in [0.5, 0.6) is 0 Å². The van der Waals surface area contributed by atoms with E-state index in [-0.39, 0.29) is 13.2 Å². The normalized spacial score (nSPS) is 17.8. The summed E-state index contributed by atoms with van der Waals surface area (Å²) < 4.78 is 0. The van der Waals surface area contributed by atoms with Crippen LogP contribution < -0.4 is 0 Å². The van der Waals surface area contributed by atoms with Gasteiger partial charge in [0.15, 0.2) is 0 Å². The Hall–Kier alpha value is -0.120. The molecule has 1 aliphatic rings. The highest BCUT2D eigenvalue weighted by molar-refractivity contribution is 4.71. The second-order valence-corrected chi connectivity index (χ2v) is 3.87. The summed E-state index contributed by atoms with van der Waals surface area (Å²) in [5.74, 6) is 0.917. The largest absolute Gasteiger partial charge is 0.395 e. The molecule has 0 unspecified atom stereocenters. The molecule has 0 aromatic carbocycles. The molecule has 1 aliphatic carbocycles. The number of nitrogens with zero attached hydrogens (tertiary/aromatic N) is 1. The number of hydrogen-bond acceptors (Lipinski definition) is 3. The average molecular weight is 187 g/mol. The van der Waals surface area contributed by atoms with Crippen molar-refractivity contribution in [3.63, 3.8) is 0 Å². The molecule has 1 fully saturated rings. The third kappa shape index (κ3) is 4.07. The molecule has 1 saturated carbocycles. The lowest BCUT2D eigenvalue weighted by atomic mass is 9.83. The van der Waals surface area contributed by atoms with Crippen molar-refractivity contribution in [1.29, 1.82) is 0 Å². The van der Waals surface area contributed by atoms with Crippen molar-refractivity contribution in [3.05, 3.63) is 0 Å². The Morgan fingerprint density at radius 1 is 1.00 bits per heavy atom. The molecule has 0 spiro atoms. The van der Waals surface area contributed by atoms with E-state index in [1.807, 2.05) is 0 Å². The van der Waals surface area contributed by atoms with Crippen LogP contribution in [-0.4, -0.2) is 48.0 Å². The molecule has 0 saturated heterocycles. The third-order valence-electron chi connectivity index (χ3n) is 2.91. The van der Waals surface area contributed by atoms with Crippen molar-refractivity contribution in [1.82, 2.24) is 4.90 Å². The van der Waals surface area contributed by atoms with E-state index in [0.717, 1.165) is 12.5 Å². The van der Waals surface area contributed by atoms with Gasteiger partial charge in [-0.05, 0) is 18.9 Å². The molecule has 3 heteroatoms. The molecule has 0 heterocycles. The predicted molar refractivity (Wildman–Crippen MR) is 52.6 cm³/mol. The SMILES string of the molecule is OCCN(CCO)CCC1CCC1. The molecule has 0 amide bonds. The van der Waals surface area contributed by atoms with E-state index in [9.17, 15) is 0 Å². The van der Waals surface area contributed by atoms with E-state index in [1.165, 1.54) is 25.7 Å². The molecular formula is C10H21NO2. The van der Waals surface area contributed by atoms with Crippen molar-refractivity contribution in [2.45, 2.75) is 25.7 Å². The van der Waals surface area contributed by atoms with Crippen molar-refractivity contribution in [3.8, 4) is 0 Å². The highest BCUT2D eigenvalue weighted by Crippen LogP contribution is 2.29. The zero-order valence-electron chi connectivity index (χ0n) is 8.28. The summed E-state index contributed by atoms with van der Waals surface area (Å²) in [6.45, 7) is 2.84. The van der Waals surface area contributed by atoms with Gasteiger partial charge >= 0.3 is 0 Å². The molecule has 0 bridgehead atoms. The Kier molecular flexibility index (Phi) is 5.35. The summed E-state index contributed by atoms with van der Waals surface area (Å²) >= 11 is 0. The summed E-state index contributed by atoms with van der Waals surface area (Å²) in [7, 11) is 0. The van der Waals surface area contributed by atoms with Crippen LogP contribution in [0.15, 0.2) is 0 Å². The molecule has 0 aliphatic heterocycles. The average Bonchev–Trinajstić information content (AvgIpc) is 2.02. The van der Waals surface area contributed by atoms with Crippen LogP contribution in [0.25, 0.3) is 0 Å². The topological polar surface area (TPSA) is 43.7 Å². The van der Waals surface area contributed by atoms with E-state index >= 15 is 0 Å². The van der Waals surface area contributed by atoms with Gasteiger partial charge in [-0.2, -0.15) is 0 Å². The first kappa shape index (κ1) is 11.0. The van der Waals surface area contributed by atoms with Crippen molar-refractivity contribution < 1.29 is 10.2 Å². The zero-order valence-corrected chi connectivity index (χ0v) is 8.28. The minimum absolute atomic E-state index is 0.199. The van der Waals surface area contributed by atoms with Gasteiger partial charge in [0.1, 0.15) is 0 Å². The molecule has 2 N–H and O–H groups in total. The van der Waals surface area contributed by atoms with Crippen molar-refractivity contribution in [2.24, 2.45) is 5.92 Å². The van der Waals surface area contributed by atoms with Gasteiger partial charge < -0.3 is 10.2 Å². The summed E-state index contributed by atoms with van der Waals surface area (Å²) in [5.41, 5.74) is 0. The minimum atomic E-state index is 0.199. The maximum absolute atomic E-state index is 8.78. The maximum atomic E-state index is 8.78. The van der Waals surface area contributed by atoms with Crippen molar-refractivity contribution in [2.75, 3.05) is 32.8 Å². The van der Waals surface area contributed by atoms with Gasteiger partial charge in [0.05, 0.1) is 13.2 Å². The molecule has 0 radical (unpaired) electrons. The predicted octanol–water partition coefficient (Wildman–Crippen LogP) is 0.463. The Morgan fingerprint density at radius 2 is 1.62 bits per heavy atom. The van der Waals surface area contributed by atoms with Crippen LogP contribution in [0, 0.1) is 5.92 Å². The zero-order chi connectivity index (χ0) is 9.52. The fourth-order valence-corrected chi connectivity index (χ4v) is 1.76. The Balaban J connectivity index is 2.05. The van der Waals surface area contributed by atoms with E-state index in [0.29, 0.717) is 13.1 Å². The molecule has 13 heavy (non-hydrogen) atoms. The monoisotopic (exact) mass is 187 g/mol. The second kappa shape index (κ2) is 6.35. The van der Waals surface area contributed by atoms with E-state index in [2.05, 4.69) is 4.90 Å². The number of hydrogen-bond donors (Lipinski definition) is 2. The quantitative estimate of drug-likeness (QED) is 0.608. The van der Waals surface area contributed by atoms with E-state index < -0.39 is 0 Å². The lowest BCUT2D eigenvalue weighted by Gasteiger charge is -2.28. The van der Waals surface area contributed by atoms with Gasteiger partial charge in [0.25, 0.3) is 0 Å². The number of rotatable bonds is 7. The van der Waals surface area contributed by atoms with Gasteiger partial charge in [-0.25, -0.2) is 0 Å². The molecule has 1 rings (SSSR count). The smallest absolute Gasteiger partial charge is 0.0558 e. The van der Waals surface area contributed by atoms with E-state index in [1.54, 1.807) is 0 Å². The van der Waals surface area contributed by atoms with Crippen LogP contribution in [0.1, 0.15) is 25.7 Å². The van der Waals surface area contributed by atoms with Crippen LogP contribution in [0.4, 0.5) is 0 Å². The summed E-state index contributed by atoms with van der Waals surface area (Å²) in [6, 6.07) is 0. The summed E-state index contributed by atoms with van der Waals surface area (Å²) in [6.07, 6.45) is 5.39. The first-order chi connectivity index (χ1) is 6.36. The molecular weight excluding hydrogens is 166 g/mol. The molecule has 0 aromatic heterocycles. The fourth-order valence-electron chi connectivity index (χ4n) is 1.76. The molecule has 0 atom stereocenters. The fraction of sp³-hybridized carbons (Fsp3) is 1.00. The highest BCUT2D eigenvalue weighted by Gasteiger charge is 2.17. The van der Waals surface area contributed by atoms with Crippen molar-refractivity contribution >= 4 is 0 Å². The van der Waals surface area contributed by atoms with Gasteiger partial charge in [-0.15, -0.1) is 0 Å². The van der Waals surface area contributed by atoms with Crippen LogP contribution in [-0.2, 0) is 0 Å². The third-order valence-corrected chi connectivity index (χ3v) is 2.91. The molecule has 0 aromatic rings. The maximum Gasteiger partial charge on any atom is 0.0558 e. The highest BCUT2D eigenvalue weighted by atomic mass is 16.3. The lowest BCUT2D eigenvalue weighted by Crippen LogP contribution is -2.32. The van der Waals surface area contributed by atoms with Crippen LogP contribution in [0.3, 0.4) is 0 Å². The molecule has 78 valence electrons. The first-order valence-electron chi connectivity index (χ1n) is 5.31. The standard InChI is InChI=1S/C10H21NO2/c12-8-6-11(7-9-13)5-4-10-2-1-3-10/h10,12-13H,1-9H2. The van der Waals surface area contributed by atoms with Crippen LogP contribution >= 0.6 is 0 Å². The number of aliphatic hydroxyl groups is 2. The Bertz CT molecular complexity index is 120. The summed E-state index contributed by atoms with van der Waals surface area (Å²) in [4.78, 5) is 2.14. The van der Waals surface area contributed by atoms with Gasteiger partial charge in [-0.3, -0.25) is 4.90 Å². The van der Waals surface area contributed by atoms with Gasteiger partial charge in [0.2, 0.25) is 0 Å². The lowest BCUT2D eigenvalue weighted by molar-refractivity contribution is 0.145. The van der Waals surface area contributed by atoms with Gasteiger partial charge in [-0.1, -0.05) is 19.3 Å². The minimum Gasteiger partial charge on any atom is -0.395 e. The first-order valence-corrected chi connectivity index (χ1v) is 5.31. The number of aliphatic hydroxyl groups excluding tert-OH is 2.